The lowest BCUT2D eigenvalue weighted by Gasteiger charge is -2.37. The van der Waals surface area contributed by atoms with Crippen LogP contribution in [0.15, 0.2) is 97.1 Å². The first-order valence-corrected chi connectivity index (χ1v) is 16.1. The van der Waals surface area contributed by atoms with Crippen molar-refractivity contribution >= 4 is 0 Å². The van der Waals surface area contributed by atoms with E-state index in [1.807, 2.05) is 24.3 Å². The molecule has 4 unspecified atom stereocenters. The highest BCUT2D eigenvalue weighted by Gasteiger charge is 2.38. The summed E-state index contributed by atoms with van der Waals surface area (Å²) >= 11 is 0. The molecule has 0 bridgehead atoms. The summed E-state index contributed by atoms with van der Waals surface area (Å²) < 4.78 is 46.4. The molecule has 0 saturated carbocycles. The van der Waals surface area contributed by atoms with E-state index in [0.717, 1.165) is 71.7 Å². The minimum atomic E-state index is -0.654. The van der Waals surface area contributed by atoms with Crippen LogP contribution >= 0.6 is 0 Å². The molecule has 8 heteroatoms. The van der Waals surface area contributed by atoms with Gasteiger partial charge >= 0.3 is 0 Å². The fourth-order valence-corrected chi connectivity index (χ4v) is 5.83. The molecule has 46 heavy (non-hydrogen) atoms. The molecule has 0 aromatic heterocycles. The summed E-state index contributed by atoms with van der Waals surface area (Å²) in [5.41, 5.74) is 3.74. The predicted octanol–water partition coefficient (Wildman–Crippen LogP) is 5.37. The number of ether oxygens (including phenoxy) is 8. The Balaban J connectivity index is 1.24. The molecule has 238 valence electrons. The molecule has 0 amide bonds. The van der Waals surface area contributed by atoms with Gasteiger partial charge in [0.25, 0.3) is 0 Å². The number of hydrogen-bond donors (Lipinski definition) is 0. The summed E-state index contributed by atoms with van der Waals surface area (Å²) in [4.78, 5) is 0. The summed E-state index contributed by atoms with van der Waals surface area (Å²) in [6.45, 7) is 5.11. The first kappa shape index (κ1) is 29.3. The Morgan fingerprint density at radius 3 is 1.13 bits per heavy atom. The summed E-state index contributed by atoms with van der Waals surface area (Å²) in [6.07, 6.45) is 1.30. The third-order valence-corrected chi connectivity index (χ3v) is 8.70. The van der Waals surface area contributed by atoms with Gasteiger partial charge in [-0.1, -0.05) is 48.5 Å². The van der Waals surface area contributed by atoms with Crippen LogP contribution in [0, 0.1) is 0 Å². The van der Waals surface area contributed by atoms with Gasteiger partial charge in [0.1, 0.15) is 73.8 Å². The maximum atomic E-state index is 6.22. The first-order chi connectivity index (χ1) is 22.7. The molecular formula is C38H38O8. The third kappa shape index (κ3) is 7.32. The second kappa shape index (κ2) is 13.0. The molecule has 4 aromatic carbocycles. The van der Waals surface area contributed by atoms with Crippen LogP contribution in [-0.4, -0.2) is 77.3 Å². The predicted molar refractivity (Wildman–Crippen MR) is 170 cm³/mol. The molecule has 4 heterocycles. The minimum Gasteiger partial charge on any atom is -0.491 e. The average molecular weight is 623 g/mol. The van der Waals surface area contributed by atoms with Crippen LogP contribution in [0.1, 0.15) is 22.3 Å². The summed E-state index contributed by atoms with van der Waals surface area (Å²) in [7, 11) is 0. The van der Waals surface area contributed by atoms with Crippen molar-refractivity contribution < 1.29 is 37.9 Å². The monoisotopic (exact) mass is 622 g/mol. The Labute approximate surface area is 269 Å². The largest absolute Gasteiger partial charge is 0.491 e. The van der Waals surface area contributed by atoms with E-state index in [2.05, 4.69) is 72.8 Å². The van der Waals surface area contributed by atoms with E-state index < -0.39 is 5.41 Å². The Bertz CT molecular complexity index is 1500. The molecule has 8 nitrogen and oxygen atoms in total. The van der Waals surface area contributed by atoms with Crippen LogP contribution in [0.5, 0.6) is 23.0 Å². The van der Waals surface area contributed by atoms with E-state index in [0.29, 0.717) is 32.8 Å². The normalized spacial score (nSPS) is 23.6. The highest BCUT2D eigenvalue weighted by molar-refractivity contribution is 5.56. The molecule has 0 spiro atoms. The highest BCUT2D eigenvalue weighted by atomic mass is 16.6. The number of rotatable bonds is 17. The molecule has 4 aliphatic heterocycles. The minimum absolute atomic E-state index is 0.158. The van der Waals surface area contributed by atoms with E-state index in [1.165, 1.54) is 0 Å². The molecule has 4 atom stereocenters. The van der Waals surface area contributed by atoms with Crippen LogP contribution in [0.3, 0.4) is 0 Å². The van der Waals surface area contributed by atoms with Crippen LogP contribution in [-0.2, 0) is 30.8 Å². The van der Waals surface area contributed by atoms with E-state index in [1.54, 1.807) is 0 Å². The number of benzene rings is 4. The molecular weight excluding hydrogens is 584 g/mol. The Morgan fingerprint density at radius 2 is 0.783 bits per heavy atom. The van der Waals surface area contributed by atoms with Crippen LogP contribution < -0.4 is 18.9 Å². The van der Waals surface area contributed by atoms with Gasteiger partial charge in [-0.25, -0.2) is 0 Å². The molecule has 0 radical (unpaired) electrons. The van der Waals surface area contributed by atoms with E-state index in [9.17, 15) is 0 Å². The lowest BCUT2D eigenvalue weighted by atomic mass is 9.66. The lowest BCUT2D eigenvalue weighted by Crippen LogP contribution is -2.32. The van der Waals surface area contributed by atoms with Crippen LogP contribution in [0.2, 0.25) is 0 Å². The van der Waals surface area contributed by atoms with Crippen molar-refractivity contribution in [3.8, 4) is 23.0 Å². The van der Waals surface area contributed by atoms with Crippen molar-refractivity contribution in [1.82, 2.24) is 0 Å². The topological polar surface area (TPSA) is 87.0 Å². The van der Waals surface area contributed by atoms with Crippen molar-refractivity contribution in [2.24, 2.45) is 0 Å². The van der Waals surface area contributed by atoms with Gasteiger partial charge in [-0.2, -0.15) is 0 Å². The van der Waals surface area contributed by atoms with Crippen molar-refractivity contribution in [1.29, 1.82) is 0 Å². The van der Waals surface area contributed by atoms with Gasteiger partial charge in [0.05, 0.1) is 26.4 Å². The summed E-state index contributed by atoms with van der Waals surface area (Å²) in [6, 6.07) is 33.6. The zero-order valence-electron chi connectivity index (χ0n) is 25.7. The molecule has 4 saturated heterocycles. The Kier molecular flexibility index (Phi) is 8.27. The summed E-state index contributed by atoms with van der Waals surface area (Å²) in [5.74, 6) is 3.23. The second-order valence-corrected chi connectivity index (χ2v) is 12.4. The number of epoxide rings is 4. The fourth-order valence-electron chi connectivity index (χ4n) is 5.83. The van der Waals surface area contributed by atoms with Gasteiger partial charge in [0, 0.05) is 5.41 Å². The van der Waals surface area contributed by atoms with Crippen molar-refractivity contribution in [2.75, 3.05) is 52.9 Å². The van der Waals surface area contributed by atoms with Gasteiger partial charge in [-0.15, -0.1) is 0 Å². The second-order valence-electron chi connectivity index (χ2n) is 12.4. The molecule has 0 N–H and O–H groups in total. The van der Waals surface area contributed by atoms with E-state index in [4.69, 9.17) is 37.9 Å². The SMILES string of the molecule is c1cc(CC(c2cccc(OCC3CO3)c2)(c2cccc(OCC3CO3)c2)c2cccc(OCC3CO3)c2)cc(OCC2CO2)c1. The lowest BCUT2D eigenvalue weighted by molar-refractivity contribution is 0.261. The first-order valence-electron chi connectivity index (χ1n) is 16.1. The summed E-state index contributed by atoms with van der Waals surface area (Å²) in [5, 5.41) is 0. The molecule has 4 fully saturated rings. The molecule has 4 aliphatic rings. The fraction of sp³-hybridized carbons (Fsp3) is 0.368. The zero-order valence-corrected chi connectivity index (χ0v) is 25.7. The van der Waals surface area contributed by atoms with Crippen molar-refractivity contribution in [3.63, 3.8) is 0 Å². The van der Waals surface area contributed by atoms with Crippen LogP contribution in [0.4, 0.5) is 0 Å². The van der Waals surface area contributed by atoms with Crippen molar-refractivity contribution in [2.45, 2.75) is 36.3 Å². The maximum Gasteiger partial charge on any atom is 0.119 e. The third-order valence-electron chi connectivity index (χ3n) is 8.70. The average Bonchev–Trinajstić information content (AvgIpc) is 3.89. The van der Waals surface area contributed by atoms with E-state index in [-0.39, 0.29) is 24.4 Å². The number of hydrogen-bond acceptors (Lipinski definition) is 8. The highest BCUT2D eigenvalue weighted by Crippen LogP contribution is 2.45. The van der Waals surface area contributed by atoms with Crippen LogP contribution in [0.25, 0.3) is 0 Å². The Morgan fingerprint density at radius 1 is 0.457 bits per heavy atom. The molecule has 4 aromatic rings. The zero-order chi connectivity index (χ0) is 30.8. The van der Waals surface area contributed by atoms with Crippen molar-refractivity contribution in [3.05, 3.63) is 119 Å². The smallest absolute Gasteiger partial charge is 0.119 e. The molecule has 0 aliphatic carbocycles. The molecule has 8 rings (SSSR count). The van der Waals surface area contributed by atoms with Gasteiger partial charge in [-0.3, -0.25) is 0 Å². The van der Waals surface area contributed by atoms with Gasteiger partial charge in [-0.05, 0) is 77.2 Å². The standard InChI is InChI=1S/C38H38O8/c1-5-26(13-30(9-1)39-18-34-22-43-34)17-38(27-6-2-10-31(14-27)40-19-35-23-44-35,28-7-3-11-32(15-28)41-20-36-24-45-36)29-8-4-12-33(16-29)42-21-37-25-46-37/h1-16,34-37H,17-25H2. The van der Waals surface area contributed by atoms with Gasteiger partial charge in [0.2, 0.25) is 0 Å². The quantitative estimate of drug-likeness (QED) is 0.115. The van der Waals surface area contributed by atoms with Gasteiger partial charge < -0.3 is 37.9 Å². The van der Waals surface area contributed by atoms with Gasteiger partial charge in [0.15, 0.2) is 0 Å². The maximum absolute atomic E-state index is 6.22. The Hall–Kier alpha value is -4.08. The van der Waals surface area contributed by atoms with E-state index >= 15 is 0 Å².